The van der Waals surface area contributed by atoms with Crippen molar-refractivity contribution in [2.45, 2.75) is 46.1 Å². The zero-order valence-corrected chi connectivity index (χ0v) is 8.33. The SMILES string of the molecule is CCC(C)(CC)n1cc(C)nn1. The predicted octanol–water partition coefficient (Wildman–Crippen LogP) is 2.12. The quantitative estimate of drug-likeness (QED) is 0.690. The smallest absolute Gasteiger partial charge is 0.0796 e. The van der Waals surface area contributed by atoms with E-state index in [-0.39, 0.29) is 5.54 Å². The lowest BCUT2D eigenvalue weighted by atomic mass is 9.96. The largest absolute Gasteiger partial charge is 0.247 e. The molecule has 1 aromatic heterocycles. The van der Waals surface area contributed by atoms with Crippen LogP contribution in [0.2, 0.25) is 0 Å². The van der Waals surface area contributed by atoms with E-state index in [9.17, 15) is 0 Å². The molecule has 0 aromatic carbocycles. The van der Waals surface area contributed by atoms with Crippen LogP contribution < -0.4 is 0 Å². The zero-order chi connectivity index (χ0) is 9.19. The van der Waals surface area contributed by atoms with Gasteiger partial charge in [0, 0.05) is 6.20 Å². The van der Waals surface area contributed by atoms with Crippen molar-refractivity contribution in [1.82, 2.24) is 15.0 Å². The minimum Gasteiger partial charge on any atom is -0.247 e. The molecule has 0 atom stereocenters. The van der Waals surface area contributed by atoms with Crippen LogP contribution in [0.3, 0.4) is 0 Å². The van der Waals surface area contributed by atoms with E-state index in [0.29, 0.717) is 0 Å². The second kappa shape index (κ2) is 3.25. The van der Waals surface area contributed by atoms with Crippen LogP contribution >= 0.6 is 0 Å². The first kappa shape index (κ1) is 9.23. The molecule has 0 saturated carbocycles. The number of nitrogens with zero attached hydrogens (tertiary/aromatic N) is 3. The summed E-state index contributed by atoms with van der Waals surface area (Å²) in [5.41, 5.74) is 1.13. The molecule has 0 saturated heterocycles. The highest BCUT2D eigenvalue weighted by Crippen LogP contribution is 2.22. The molecule has 68 valence electrons. The summed E-state index contributed by atoms with van der Waals surface area (Å²) in [6.07, 6.45) is 4.19. The number of aryl methyl sites for hydroxylation is 1. The Morgan fingerprint density at radius 1 is 1.42 bits per heavy atom. The third-order valence-electron chi connectivity index (χ3n) is 2.68. The monoisotopic (exact) mass is 167 g/mol. The van der Waals surface area contributed by atoms with E-state index in [1.54, 1.807) is 0 Å². The van der Waals surface area contributed by atoms with Crippen LogP contribution in [-0.2, 0) is 5.54 Å². The highest BCUT2D eigenvalue weighted by atomic mass is 15.4. The van der Waals surface area contributed by atoms with Gasteiger partial charge in [-0.3, -0.25) is 0 Å². The molecule has 1 heterocycles. The van der Waals surface area contributed by atoms with E-state index in [4.69, 9.17) is 0 Å². The summed E-state index contributed by atoms with van der Waals surface area (Å²) < 4.78 is 1.97. The molecule has 0 radical (unpaired) electrons. The summed E-state index contributed by atoms with van der Waals surface area (Å²) in [4.78, 5) is 0. The predicted molar refractivity (Wildman–Crippen MR) is 49.0 cm³/mol. The molecule has 0 spiro atoms. The first-order chi connectivity index (χ1) is 5.62. The van der Waals surface area contributed by atoms with Gasteiger partial charge in [-0.2, -0.15) is 0 Å². The van der Waals surface area contributed by atoms with Gasteiger partial charge in [-0.1, -0.05) is 19.1 Å². The van der Waals surface area contributed by atoms with Gasteiger partial charge in [0.15, 0.2) is 0 Å². The van der Waals surface area contributed by atoms with Gasteiger partial charge in [0.2, 0.25) is 0 Å². The summed E-state index contributed by atoms with van der Waals surface area (Å²) in [6.45, 7) is 8.54. The maximum absolute atomic E-state index is 4.10. The lowest BCUT2D eigenvalue weighted by Gasteiger charge is -2.26. The molecule has 0 aliphatic heterocycles. The Bertz CT molecular complexity index is 248. The number of hydrogen-bond acceptors (Lipinski definition) is 2. The second-order valence-electron chi connectivity index (χ2n) is 3.51. The van der Waals surface area contributed by atoms with Crippen LogP contribution in [0.15, 0.2) is 6.20 Å². The molecule has 0 unspecified atom stereocenters. The van der Waals surface area contributed by atoms with Crippen molar-refractivity contribution in [2.24, 2.45) is 0 Å². The number of hydrogen-bond donors (Lipinski definition) is 0. The van der Waals surface area contributed by atoms with E-state index >= 15 is 0 Å². The summed E-state index contributed by atoms with van der Waals surface area (Å²) in [7, 11) is 0. The van der Waals surface area contributed by atoms with Crippen molar-refractivity contribution >= 4 is 0 Å². The van der Waals surface area contributed by atoms with Crippen molar-refractivity contribution in [3.8, 4) is 0 Å². The lowest BCUT2D eigenvalue weighted by Crippen LogP contribution is -2.28. The van der Waals surface area contributed by atoms with Crippen molar-refractivity contribution in [1.29, 1.82) is 0 Å². The summed E-state index contributed by atoms with van der Waals surface area (Å²) in [5.74, 6) is 0. The fourth-order valence-corrected chi connectivity index (χ4v) is 1.19. The van der Waals surface area contributed by atoms with E-state index in [1.807, 2.05) is 17.8 Å². The van der Waals surface area contributed by atoms with Crippen LogP contribution in [0.4, 0.5) is 0 Å². The Hall–Kier alpha value is -0.860. The zero-order valence-electron chi connectivity index (χ0n) is 8.33. The summed E-state index contributed by atoms with van der Waals surface area (Å²) in [6, 6.07) is 0. The molecule has 12 heavy (non-hydrogen) atoms. The maximum atomic E-state index is 4.10. The van der Waals surface area contributed by atoms with E-state index in [2.05, 4.69) is 31.1 Å². The Morgan fingerprint density at radius 2 is 2.00 bits per heavy atom. The van der Waals surface area contributed by atoms with Gasteiger partial charge in [0.1, 0.15) is 0 Å². The fraction of sp³-hybridized carbons (Fsp3) is 0.778. The van der Waals surface area contributed by atoms with Crippen molar-refractivity contribution < 1.29 is 0 Å². The third kappa shape index (κ3) is 1.49. The van der Waals surface area contributed by atoms with Gasteiger partial charge in [-0.15, -0.1) is 5.10 Å². The van der Waals surface area contributed by atoms with Crippen LogP contribution in [0.1, 0.15) is 39.3 Å². The molecule has 0 N–H and O–H groups in total. The Morgan fingerprint density at radius 3 is 2.33 bits per heavy atom. The topological polar surface area (TPSA) is 30.7 Å². The fourth-order valence-electron chi connectivity index (χ4n) is 1.19. The molecule has 0 amide bonds. The molecule has 3 nitrogen and oxygen atoms in total. The molecule has 0 aliphatic carbocycles. The number of aromatic nitrogens is 3. The van der Waals surface area contributed by atoms with Crippen LogP contribution in [0.25, 0.3) is 0 Å². The van der Waals surface area contributed by atoms with Gasteiger partial charge in [0.25, 0.3) is 0 Å². The third-order valence-corrected chi connectivity index (χ3v) is 2.68. The minimum absolute atomic E-state index is 0.140. The Balaban J connectivity index is 2.94. The molecular weight excluding hydrogens is 150 g/mol. The first-order valence-corrected chi connectivity index (χ1v) is 4.52. The van der Waals surface area contributed by atoms with Crippen LogP contribution in [-0.4, -0.2) is 15.0 Å². The Kier molecular flexibility index (Phi) is 2.50. The van der Waals surface area contributed by atoms with E-state index < -0.39 is 0 Å². The van der Waals surface area contributed by atoms with Gasteiger partial charge < -0.3 is 0 Å². The van der Waals surface area contributed by atoms with Crippen LogP contribution in [0.5, 0.6) is 0 Å². The lowest BCUT2D eigenvalue weighted by molar-refractivity contribution is 0.259. The highest BCUT2D eigenvalue weighted by Gasteiger charge is 2.22. The van der Waals surface area contributed by atoms with Gasteiger partial charge in [0.05, 0.1) is 11.2 Å². The minimum atomic E-state index is 0.140. The van der Waals surface area contributed by atoms with E-state index in [1.165, 1.54) is 0 Å². The van der Waals surface area contributed by atoms with Gasteiger partial charge >= 0.3 is 0 Å². The highest BCUT2D eigenvalue weighted by molar-refractivity contribution is 4.91. The van der Waals surface area contributed by atoms with Gasteiger partial charge in [-0.25, -0.2) is 4.68 Å². The second-order valence-corrected chi connectivity index (χ2v) is 3.51. The molecule has 0 aliphatic rings. The summed E-state index contributed by atoms with van der Waals surface area (Å²) in [5, 5.41) is 8.09. The average Bonchev–Trinajstić information content (AvgIpc) is 2.51. The summed E-state index contributed by atoms with van der Waals surface area (Å²) >= 11 is 0. The molecule has 0 bridgehead atoms. The average molecular weight is 167 g/mol. The van der Waals surface area contributed by atoms with Crippen LogP contribution in [0, 0.1) is 6.92 Å². The normalized spacial score (nSPS) is 12.0. The van der Waals surface area contributed by atoms with E-state index in [0.717, 1.165) is 18.5 Å². The molecular formula is C9H17N3. The van der Waals surface area contributed by atoms with Crippen molar-refractivity contribution in [3.05, 3.63) is 11.9 Å². The first-order valence-electron chi connectivity index (χ1n) is 4.52. The number of rotatable bonds is 3. The molecule has 3 heteroatoms. The Labute approximate surface area is 73.8 Å². The van der Waals surface area contributed by atoms with Crippen molar-refractivity contribution in [3.63, 3.8) is 0 Å². The molecule has 1 aromatic rings. The molecule has 0 fully saturated rings. The van der Waals surface area contributed by atoms with Crippen molar-refractivity contribution in [2.75, 3.05) is 0 Å². The molecule has 1 rings (SSSR count). The van der Waals surface area contributed by atoms with Gasteiger partial charge in [-0.05, 0) is 26.7 Å². The standard InChI is InChI=1S/C9H17N3/c1-5-9(4,6-2)12-7-8(3)10-11-12/h7H,5-6H2,1-4H3. The maximum Gasteiger partial charge on any atom is 0.0796 e.